The molecule has 1 spiro atoms. The fraction of sp³-hybridized carbons (Fsp3) is 0.733. The number of esters is 2. The molecule has 2 bridgehead atoms. The standard InChI is InChI=1S/C15H19N3O5S2/c19-7-1-2-8-24-12-11(16-25-17-12)10-9-3-5-18(6-4-9)15(10)22-13(20)14(21)23-15/h9-10,19H,1-8H2. The molecule has 1 aromatic heterocycles. The Kier molecular flexibility index (Phi) is 4.69. The highest BCUT2D eigenvalue weighted by Crippen LogP contribution is 2.53. The van der Waals surface area contributed by atoms with E-state index in [0.29, 0.717) is 0 Å². The number of ether oxygens (including phenoxy) is 2. The van der Waals surface area contributed by atoms with Gasteiger partial charge in [0, 0.05) is 19.7 Å². The quantitative estimate of drug-likeness (QED) is 0.332. The first-order chi connectivity index (χ1) is 12.2. The van der Waals surface area contributed by atoms with Crippen LogP contribution in [-0.2, 0) is 19.1 Å². The lowest BCUT2D eigenvalue weighted by molar-refractivity contribution is -0.300. The second-order valence-electron chi connectivity index (χ2n) is 6.45. The number of thioether (sulfide) groups is 1. The molecule has 1 atom stereocenters. The molecule has 8 nitrogen and oxygen atoms in total. The third-order valence-corrected chi connectivity index (χ3v) is 6.78. The van der Waals surface area contributed by atoms with Gasteiger partial charge in [0.15, 0.2) is 0 Å². The number of fused-ring (bicyclic) bond motifs is 2. The topological polar surface area (TPSA) is 102 Å². The summed E-state index contributed by atoms with van der Waals surface area (Å²) in [7, 11) is 0. The van der Waals surface area contributed by atoms with Crippen molar-refractivity contribution >= 4 is 35.4 Å². The highest BCUT2D eigenvalue weighted by molar-refractivity contribution is 7.99. The van der Waals surface area contributed by atoms with Crippen molar-refractivity contribution in [1.82, 2.24) is 13.6 Å². The van der Waals surface area contributed by atoms with Crippen LogP contribution in [0.15, 0.2) is 5.03 Å². The molecule has 136 valence electrons. The zero-order valence-corrected chi connectivity index (χ0v) is 15.2. The molecule has 5 heterocycles. The van der Waals surface area contributed by atoms with E-state index in [9.17, 15) is 9.59 Å². The van der Waals surface area contributed by atoms with Gasteiger partial charge in [-0.1, -0.05) is 0 Å². The third kappa shape index (κ3) is 2.84. The van der Waals surface area contributed by atoms with Gasteiger partial charge in [-0.15, -0.1) is 11.8 Å². The van der Waals surface area contributed by atoms with E-state index in [1.54, 1.807) is 11.8 Å². The number of aliphatic hydroxyl groups is 1. The lowest BCUT2D eigenvalue weighted by atomic mass is 9.74. The van der Waals surface area contributed by atoms with Crippen molar-refractivity contribution in [2.45, 2.75) is 42.5 Å². The Balaban J connectivity index is 1.63. The number of piperidine rings is 3. The van der Waals surface area contributed by atoms with Crippen LogP contribution in [0.5, 0.6) is 0 Å². The minimum atomic E-state index is -1.36. The Morgan fingerprint density at radius 3 is 2.60 bits per heavy atom. The molecule has 10 heteroatoms. The molecular weight excluding hydrogens is 366 g/mol. The Labute approximate surface area is 153 Å². The van der Waals surface area contributed by atoms with Crippen molar-refractivity contribution in [2.24, 2.45) is 5.92 Å². The van der Waals surface area contributed by atoms with Crippen LogP contribution in [0.1, 0.15) is 37.3 Å². The SMILES string of the molecule is O=C1OC2(OC1=O)C(c1nsnc1SCCCCO)C1CCN2CC1. The second-order valence-corrected chi connectivity index (χ2v) is 8.06. The minimum absolute atomic E-state index is 0.178. The summed E-state index contributed by atoms with van der Waals surface area (Å²) in [6, 6.07) is 0. The third-order valence-electron chi connectivity index (χ3n) is 5.06. The van der Waals surface area contributed by atoms with E-state index in [1.807, 2.05) is 4.90 Å². The second kappa shape index (κ2) is 6.82. The molecule has 0 aliphatic carbocycles. The number of rotatable bonds is 6. The highest BCUT2D eigenvalue weighted by Gasteiger charge is 2.65. The maximum absolute atomic E-state index is 11.8. The van der Waals surface area contributed by atoms with Gasteiger partial charge >= 0.3 is 17.8 Å². The van der Waals surface area contributed by atoms with Crippen LogP contribution in [0.3, 0.4) is 0 Å². The lowest BCUT2D eigenvalue weighted by Crippen LogP contribution is -2.64. The molecule has 5 rings (SSSR count). The number of carbonyl (C=O) groups excluding carboxylic acids is 2. The van der Waals surface area contributed by atoms with E-state index in [2.05, 4.69) is 8.75 Å². The minimum Gasteiger partial charge on any atom is -0.399 e. The van der Waals surface area contributed by atoms with Crippen LogP contribution < -0.4 is 0 Å². The summed E-state index contributed by atoms with van der Waals surface area (Å²) in [6.45, 7) is 1.65. The summed E-state index contributed by atoms with van der Waals surface area (Å²) in [5.41, 5.74) is 0.760. The lowest BCUT2D eigenvalue weighted by Gasteiger charge is -2.53. The van der Waals surface area contributed by atoms with E-state index in [-0.39, 0.29) is 18.4 Å². The molecule has 25 heavy (non-hydrogen) atoms. The number of hydrogen-bond acceptors (Lipinski definition) is 10. The van der Waals surface area contributed by atoms with Gasteiger partial charge < -0.3 is 14.6 Å². The Morgan fingerprint density at radius 2 is 1.92 bits per heavy atom. The monoisotopic (exact) mass is 385 g/mol. The highest BCUT2D eigenvalue weighted by atomic mass is 32.2. The van der Waals surface area contributed by atoms with Crippen molar-refractivity contribution in [3.05, 3.63) is 5.69 Å². The number of aliphatic hydroxyl groups excluding tert-OH is 1. The van der Waals surface area contributed by atoms with Gasteiger partial charge in [-0.3, -0.25) is 0 Å². The van der Waals surface area contributed by atoms with E-state index in [1.165, 1.54) is 0 Å². The summed E-state index contributed by atoms with van der Waals surface area (Å²) in [4.78, 5) is 25.5. The number of unbranched alkanes of at least 4 members (excludes halogenated alkanes) is 1. The van der Waals surface area contributed by atoms with Crippen molar-refractivity contribution in [3.63, 3.8) is 0 Å². The summed E-state index contributed by atoms with van der Waals surface area (Å²) < 4.78 is 19.8. The van der Waals surface area contributed by atoms with Gasteiger partial charge in [0.2, 0.25) is 0 Å². The van der Waals surface area contributed by atoms with E-state index < -0.39 is 17.8 Å². The summed E-state index contributed by atoms with van der Waals surface area (Å²) in [5, 5.41) is 9.71. The molecule has 1 aromatic rings. The zero-order chi connectivity index (χ0) is 17.4. The van der Waals surface area contributed by atoms with Crippen LogP contribution in [0.25, 0.3) is 0 Å². The van der Waals surface area contributed by atoms with Crippen LogP contribution in [0, 0.1) is 5.92 Å². The molecule has 1 N–H and O–H groups in total. The molecule has 4 aliphatic heterocycles. The molecule has 0 aromatic carbocycles. The van der Waals surface area contributed by atoms with Gasteiger partial charge in [0.25, 0.3) is 0 Å². The zero-order valence-electron chi connectivity index (χ0n) is 13.5. The number of carbonyl (C=O) groups is 2. The van der Waals surface area contributed by atoms with Gasteiger partial charge in [-0.2, -0.15) is 8.75 Å². The Morgan fingerprint density at radius 1 is 1.20 bits per heavy atom. The Hall–Kier alpha value is -1.23. The molecule has 0 saturated carbocycles. The molecule has 1 unspecified atom stereocenters. The average Bonchev–Trinajstić information content (AvgIpc) is 3.18. The molecule has 4 aliphatic rings. The molecular formula is C15H19N3O5S2. The fourth-order valence-electron chi connectivity index (χ4n) is 3.92. The fourth-order valence-corrected chi connectivity index (χ4v) is 5.65. The van der Waals surface area contributed by atoms with Crippen molar-refractivity contribution < 1.29 is 24.2 Å². The number of hydrogen-bond donors (Lipinski definition) is 1. The maximum atomic E-state index is 11.8. The summed E-state index contributed by atoms with van der Waals surface area (Å²) in [5.74, 6) is -2.46. The van der Waals surface area contributed by atoms with Crippen LogP contribution in [0.4, 0.5) is 0 Å². The number of aromatic nitrogens is 2. The van der Waals surface area contributed by atoms with Crippen LogP contribution in [0.2, 0.25) is 0 Å². The first-order valence-electron chi connectivity index (χ1n) is 8.43. The normalized spacial score (nSPS) is 29.9. The van der Waals surface area contributed by atoms with Crippen molar-refractivity contribution in [2.75, 3.05) is 25.4 Å². The van der Waals surface area contributed by atoms with E-state index in [4.69, 9.17) is 14.6 Å². The number of nitrogens with zero attached hydrogens (tertiary/aromatic N) is 3. The van der Waals surface area contributed by atoms with Crippen molar-refractivity contribution in [1.29, 1.82) is 0 Å². The van der Waals surface area contributed by atoms with Gasteiger partial charge in [-0.05, 0) is 37.4 Å². The smallest absolute Gasteiger partial charge is 0.399 e. The van der Waals surface area contributed by atoms with Gasteiger partial charge in [-0.25, -0.2) is 14.5 Å². The predicted octanol–water partition coefficient (Wildman–Crippen LogP) is 0.966. The average molecular weight is 385 g/mol. The van der Waals surface area contributed by atoms with Gasteiger partial charge in [0.1, 0.15) is 16.6 Å². The first kappa shape index (κ1) is 17.2. The van der Waals surface area contributed by atoms with E-state index >= 15 is 0 Å². The first-order valence-corrected chi connectivity index (χ1v) is 10.1. The van der Waals surface area contributed by atoms with Crippen molar-refractivity contribution in [3.8, 4) is 0 Å². The maximum Gasteiger partial charge on any atom is 0.421 e. The molecule has 4 fully saturated rings. The van der Waals surface area contributed by atoms with Gasteiger partial charge in [0.05, 0.1) is 11.7 Å². The van der Waals surface area contributed by atoms with Crippen LogP contribution in [-0.4, -0.2) is 62.1 Å². The predicted molar refractivity (Wildman–Crippen MR) is 88.9 cm³/mol. The summed E-state index contributed by atoms with van der Waals surface area (Å²) >= 11 is 2.71. The molecule has 4 saturated heterocycles. The summed E-state index contributed by atoms with van der Waals surface area (Å²) in [6.07, 6.45) is 3.54. The Bertz CT molecular complexity index is 658. The van der Waals surface area contributed by atoms with Crippen LogP contribution >= 0.6 is 23.5 Å². The molecule has 0 radical (unpaired) electrons. The van der Waals surface area contributed by atoms with E-state index in [0.717, 1.165) is 67.0 Å². The largest absolute Gasteiger partial charge is 0.421 e. The molecule has 0 amide bonds.